The molecule has 0 unspecified atom stereocenters. The van der Waals surface area contributed by atoms with Crippen LogP contribution in [0.2, 0.25) is 0 Å². The number of rotatable bonds is 6. The molecule has 0 atom stereocenters. The van der Waals surface area contributed by atoms with E-state index in [0.717, 1.165) is 25.7 Å². The van der Waals surface area contributed by atoms with Crippen molar-refractivity contribution in [3.8, 4) is 5.75 Å². The summed E-state index contributed by atoms with van der Waals surface area (Å²) in [6, 6.07) is 5.65. The third-order valence-corrected chi connectivity index (χ3v) is 3.49. The topological polar surface area (TPSA) is 64.6 Å². The van der Waals surface area contributed by atoms with Crippen LogP contribution in [-0.4, -0.2) is 31.1 Å². The third kappa shape index (κ3) is 5.71. The van der Waals surface area contributed by atoms with Crippen molar-refractivity contribution in [2.45, 2.75) is 38.1 Å². The van der Waals surface area contributed by atoms with Gasteiger partial charge in [0.15, 0.2) is 13.2 Å². The molecule has 2 rings (SSSR count). The number of ether oxygens (including phenoxy) is 2. The molecule has 1 aliphatic rings. The molecular formula is C16H20FNO4. The van der Waals surface area contributed by atoms with Crippen molar-refractivity contribution >= 4 is 11.9 Å². The number of carbonyl (C=O) groups excluding carboxylic acids is 2. The molecule has 1 fully saturated rings. The molecule has 0 aromatic heterocycles. The zero-order valence-electron chi connectivity index (χ0n) is 12.3. The molecule has 0 saturated heterocycles. The Bertz CT molecular complexity index is 515. The highest BCUT2D eigenvalue weighted by Gasteiger charge is 2.16. The zero-order chi connectivity index (χ0) is 15.8. The Kier molecular flexibility index (Phi) is 6.18. The molecular weight excluding hydrogens is 289 g/mol. The van der Waals surface area contributed by atoms with Crippen LogP contribution in [0.25, 0.3) is 0 Å². The van der Waals surface area contributed by atoms with Crippen LogP contribution >= 0.6 is 0 Å². The molecule has 1 saturated carbocycles. The van der Waals surface area contributed by atoms with Gasteiger partial charge in [0.1, 0.15) is 11.6 Å². The summed E-state index contributed by atoms with van der Waals surface area (Å²) in [6.45, 7) is -0.679. The lowest BCUT2D eigenvalue weighted by Crippen LogP contribution is -2.39. The zero-order valence-corrected chi connectivity index (χ0v) is 12.3. The summed E-state index contributed by atoms with van der Waals surface area (Å²) in [5.41, 5.74) is 0. The summed E-state index contributed by atoms with van der Waals surface area (Å²) < 4.78 is 22.8. The highest BCUT2D eigenvalue weighted by molar-refractivity contribution is 5.81. The van der Waals surface area contributed by atoms with Gasteiger partial charge in [0.25, 0.3) is 5.91 Å². The van der Waals surface area contributed by atoms with Gasteiger partial charge >= 0.3 is 5.97 Å². The number of esters is 1. The minimum absolute atomic E-state index is 0.184. The minimum atomic E-state index is -0.664. The van der Waals surface area contributed by atoms with Crippen LogP contribution in [0, 0.1) is 5.82 Å². The second-order valence-corrected chi connectivity index (χ2v) is 5.31. The van der Waals surface area contributed by atoms with Crippen LogP contribution in [0.1, 0.15) is 32.1 Å². The normalized spacial score (nSPS) is 15.1. The van der Waals surface area contributed by atoms with Gasteiger partial charge in [-0.15, -0.1) is 0 Å². The van der Waals surface area contributed by atoms with Gasteiger partial charge in [-0.2, -0.15) is 0 Å². The summed E-state index contributed by atoms with van der Waals surface area (Å²) in [6.07, 6.45) is 5.39. The van der Waals surface area contributed by atoms with Gasteiger partial charge in [-0.3, -0.25) is 4.79 Å². The molecule has 5 nitrogen and oxygen atoms in total. The number of amides is 1. The van der Waals surface area contributed by atoms with E-state index in [9.17, 15) is 14.0 Å². The second kappa shape index (κ2) is 8.36. The summed E-state index contributed by atoms with van der Waals surface area (Å²) >= 11 is 0. The number of benzene rings is 1. The van der Waals surface area contributed by atoms with Gasteiger partial charge < -0.3 is 14.8 Å². The summed E-state index contributed by atoms with van der Waals surface area (Å²) in [5.74, 6) is -1.17. The summed E-state index contributed by atoms with van der Waals surface area (Å²) in [4.78, 5) is 23.1. The maximum Gasteiger partial charge on any atom is 0.344 e. The smallest absolute Gasteiger partial charge is 0.344 e. The van der Waals surface area contributed by atoms with Crippen molar-refractivity contribution in [1.29, 1.82) is 0 Å². The molecule has 0 aliphatic heterocycles. The number of carbonyl (C=O) groups is 2. The first-order valence-electron chi connectivity index (χ1n) is 7.47. The molecule has 22 heavy (non-hydrogen) atoms. The molecule has 0 heterocycles. The first kappa shape index (κ1) is 16.3. The molecule has 0 radical (unpaired) electrons. The highest BCUT2D eigenvalue weighted by Crippen LogP contribution is 2.17. The van der Waals surface area contributed by atoms with Crippen LogP contribution < -0.4 is 10.1 Å². The first-order valence-corrected chi connectivity index (χ1v) is 7.47. The van der Waals surface area contributed by atoms with Gasteiger partial charge in [0, 0.05) is 12.1 Å². The first-order chi connectivity index (χ1) is 10.6. The highest BCUT2D eigenvalue weighted by atomic mass is 19.1. The fourth-order valence-corrected chi connectivity index (χ4v) is 2.40. The van der Waals surface area contributed by atoms with Crippen molar-refractivity contribution < 1.29 is 23.5 Å². The predicted octanol–water partition coefficient (Wildman–Crippen LogP) is 2.20. The molecule has 1 aromatic carbocycles. The molecule has 120 valence electrons. The van der Waals surface area contributed by atoms with Crippen molar-refractivity contribution in [3.63, 3.8) is 0 Å². The van der Waals surface area contributed by atoms with E-state index < -0.39 is 11.8 Å². The number of hydrogen-bond donors (Lipinski definition) is 1. The number of nitrogens with one attached hydrogen (secondary N) is 1. The second-order valence-electron chi connectivity index (χ2n) is 5.31. The largest absolute Gasteiger partial charge is 0.482 e. The van der Waals surface area contributed by atoms with Crippen LogP contribution in [-0.2, 0) is 14.3 Å². The van der Waals surface area contributed by atoms with E-state index >= 15 is 0 Å². The van der Waals surface area contributed by atoms with Crippen LogP contribution in [0.5, 0.6) is 5.75 Å². The van der Waals surface area contributed by atoms with E-state index in [4.69, 9.17) is 9.47 Å². The lowest BCUT2D eigenvalue weighted by Gasteiger charge is -2.22. The SMILES string of the molecule is O=C(COC(=O)COc1cccc(F)c1)NC1CCCCC1. The fourth-order valence-electron chi connectivity index (χ4n) is 2.40. The lowest BCUT2D eigenvalue weighted by molar-refractivity contribution is -0.150. The molecule has 1 amide bonds. The Morgan fingerprint density at radius 3 is 2.68 bits per heavy atom. The number of halogens is 1. The van der Waals surface area contributed by atoms with E-state index in [1.165, 1.54) is 30.7 Å². The Hall–Kier alpha value is -2.11. The minimum Gasteiger partial charge on any atom is -0.482 e. The average Bonchev–Trinajstić information content (AvgIpc) is 2.52. The maximum atomic E-state index is 12.9. The van der Waals surface area contributed by atoms with Crippen LogP contribution in [0.4, 0.5) is 4.39 Å². The Balaban J connectivity index is 1.63. The molecule has 1 aromatic rings. The van der Waals surface area contributed by atoms with Gasteiger partial charge in [-0.1, -0.05) is 25.3 Å². The standard InChI is InChI=1S/C16H20FNO4/c17-12-5-4-8-14(9-12)21-11-16(20)22-10-15(19)18-13-6-2-1-3-7-13/h4-5,8-9,13H,1-3,6-7,10-11H2,(H,18,19). The van der Waals surface area contributed by atoms with E-state index in [0.29, 0.717) is 0 Å². The molecule has 1 aliphatic carbocycles. The van der Waals surface area contributed by atoms with Gasteiger partial charge in [-0.25, -0.2) is 9.18 Å². The summed E-state index contributed by atoms with van der Waals surface area (Å²) in [5, 5.41) is 2.85. The van der Waals surface area contributed by atoms with Crippen molar-refractivity contribution in [2.24, 2.45) is 0 Å². The summed E-state index contributed by atoms with van der Waals surface area (Å²) in [7, 11) is 0. The molecule has 6 heteroatoms. The van der Waals surface area contributed by atoms with Crippen LogP contribution in [0.3, 0.4) is 0 Å². The molecule has 0 spiro atoms. The van der Waals surface area contributed by atoms with Crippen molar-refractivity contribution in [1.82, 2.24) is 5.32 Å². The van der Waals surface area contributed by atoms with E-state index in [2.05, 4.69) is 5.32 Å². The van der Waals surface area contributed by atoms with Crippen molar-refractivity contribution in [3.05, 3.63) is 30.1 Å². The maximum absolute atomic E-state index is 12.9. The average molecular weight is 309 g/mol. The molecule has 1 N–H and O–H groups in total. The quantitative estimate of drug-likeness (QED) is 0.818. The van der Waals surface area contributed by atoms with Gasteiger partial charge in [0.05, 0.1) is 0 Å². The van der Waals surface area contributed by atoms with E-state index in [-0.39, 0.29) is 30.9 Å². The Morgan fingerprint density at radius 2 is 1.95 bits per heavy atom. The fraction of sp³-hybridized carbons (Fsp3) is 0.500. The molecule has 0 bridgehead atoms. The third-order valence-electron chi connectivity index (χ3n) is 3.49. The van der Waals surface area contributed by atoms with Crippen LogP contribution in [0.15, 0.2) is 24.3 Å². The van der Waals surface area contributed by atoms with E-state index in [1.807, 2.05) is 0 Å². The number of hydrogen-bond acceptors (Lipinski definition) is 4. The Morgan fingerprint density at radius 1 is 1.18 bits per heavy atom. The Labute approximate surface area is 128 Å². The van der Waals surface area contributed by atoms with Gasteiger partial charge in [0.2, 0.25) is 0 Å². The van der Waals surface area contributed by atoms with Crippen molar-refractivity contribution in [2.75, 3.05) is 13.2 Å². The predicted molar refractivity (Wildman–Crippen MR) is 77.9 cm³/mol. The monoisotopic (exact) mass is 309 g/mol. The van der Waals surface area contributed by atoms with Gasteiger partial charge in [-0.05, 0) is 25.0 Å². The lowest BCUT2D eigenvalue weighted by atomic mass is 9.95. The van der Waals surface area contributed by atoms with E-state index in [1.54, 1.807) is 0 Å².